The number of carbonyl (C=O) groups is 2. The van der Waals surface area contributed by atoms with Crippen LogP contribution in [0.1, 0.15) is 18.1 Å². The van der Waals surface area contributed by atoms with E-state index in [2.05, 4.69) is 10.6 Å². The van der Waals surface area contributed by atoms with Crippen LogP contribution in [-0.4, -0.2) is 25.0 Å². The molecule has 130 valence electrons. The summed E-state index contributed by atoms with van der Waals surface area (Å²) in [6.45, 7) is 2.09. The van der Waals surface area contributed by atoms with Gasteiger partial charge in [-0.2, -0.15) is 0 Å². The van der Waals surface area contributed by atoms with Gasteiger partial charge in [0.2, 0.25) is 5.91 Å². The van der Waals surface area contributed by atoms with Crippen molar-refractivity contribution in [3.8, 4) is 11.5 Å². The maximum absolute atomic E-state index is 12.2. The molecule has 0 spiro atoms. The summed E-state index contributed by atoms with van der Waals surface area (Å²) >= 11 is 0. The van der Waals surface area contributed by atoms with Gasteiger partial charge in [0.15, 0.2) is 6.10 Å². The van der Waals surface area contributed by atoms with Gasteiger partial charge in [0.25, 0.3) is 5.91 Å². The number of rotatable bonds is 5. The fourth-order valence-electron chi connectivity index (χ4n) is 2.66. The first kappa shape index (κ1) is 16.8. The second kappa shape index (κ2) is 7.25. The predicted molar refractivity (Wildman–Crippen MR) is 93.7 cm³/mol. The molecular formula is C19H20N2O4. The van der Waals surface area contributed by atoms with Crippen LogP contribution in [0.15, 0.2) is 42.5 Å². The summed E-state index contributed by atoms with van der Waals surface area (Å²) in [5.74, 6) is 1.06. The number of amides is 2. The molecule has 0 saturated carbocycles. The molecule has 1 aliphatic heterocycles. The van der Waals surface area contributed by atoms with Crippen LogP contribution in [0.3, 0.4) is 0 Å². The van der Waals surface area contributed by atoms with Crippen LogP contribution in [-0.2, 0) is 22.6 Å². The highest BCUT2D eigenvalue weighted by atomic mass is 16.5. The lowest BCUT2D eigenvalue weighted by Gasteiger charge is -2.23. The number of methoxy groups -OCH3 is 1. The second-order valence-corrected chi connectivity index (χ2v) is 5.85. The first-order valence-corrected chi connectivity index (χ1v) is 8.06. The number of anilines is 1. The minimum atomic E-state index is -0.512. The summed E-state index contributed by atoms with van der Waals surface area (Å²) in [6, 6.07) is 12.9. The van der Waals surface area contributed by atoms with E-state index in [1.807, 2.05) is 30.3 Å². The lowest BCUT2D eigenvalue weighted by molar-refractivity contribution is -0.122. The van der Waals surface area contributed by atoms with Gasteiger partial charge in [0.05, 0.1) is 19.2 Å². The molecule has 0 aromatic heterocycles. The molecule has 2 aromatic rings. The van der Waals surface area contributed by atoms with E-state index < -0.39 is 6.10 Å². The van der Waals surface area contributed by atoms with E-state index in [1.165, 1.54) is 0 Å². The van der Waals surface area contributed by atoms with Crippen molar-refractivity contribution >= 4 is 17.5 Å². The lowest BCUT2D eigenvalue weighted by atomic mass is 10.1. The Morgan fingerprint density at radius 1 is 1.28 bits per heavy atom. The first-order chi connectivity index (χ1) is 12.1. The van der Waals surface area contributed by atoms with Crippen molar-refractivity contribution in [2.45, 2.75) is 26.0 Å². The van der Waals surface area contributed by atoms with Crippen LogP contribution >= 0.6 is 0 Å². The Labute approximate surface area is 146 Å². The standard InChI is InChI=1S/C19H20N2O4/c1-12-19(23)21-15-9-13(7-8-17(15)25-12)10-18(22)20-11-14-5-3-4-6-16(14)24-2/h3-9,12H,10-11H2,1-2H3,(H,20,22)(H,21,23). The van der Waals surface area contributed by atoms with Crippen LogP contribution in [0.25, 0.3) is 0 Å². The highest BCUT2D eigenvalue weighted by molar-refractivity contribution is 5.97. The van der Waals surface area contributed by atoms with Crippen molar-refractivity contribution in [2.24, 2.45) is 0 Å². The minimum absolute atomic E-state index is 0.109. The summed E-state index contributed by atoms with van der Waals surface area (Å²) in [4.78, 5) is 23.9. The van der Waals surface area contributed by atoms with Gasteiger partial charge in [0, 0.05) is 12.1 Å². The third-order valence-corrected chi connectivity index (χ3v) is 4.01. The molecule has 2 aromatic carbocycles. The third kappa shape index (κ3) is 3.91. The maximum atomic E-state index is 12.2. The maximum Gasteiger partial charge on any atom is 0.265 e. The fourth-order valence-corrected chi connectivity index (χ4v) is 2.66. The minimum Gasteiger partial charge on any atom is -0.496 e. The number of hydrogen-bond acceptors (Lipinski definition) is 4. The normalized spacial score (nSPS) is 15.6. The molecule has 2 amide bonds. The summed E-state index contributed by atoms with van der Waals surface area (Å²) < 4.78 is 10.8. The zero-order valence-corrected chi connectivity index (χ0v) is 14.2. The first-order valence-electron chi connectivity index (χ1n) is 8.06. The average Bonchev–Trinajstić information content (AvgIpc) is 2.61. The molecule has 3 rings (SSSR count). The molecule has 1 atom stereocenters. The van der Waals surface area contributed by atoms with Crippen LogP contribution in [0, 0.1) is 0 Å². The van der Waals surface area contributed by atoms with E-state index >= 15 is 0 Å². The topological polar surface area (TPSA) is 76.7 Å². The van der Waals surface area contributed by atoms with Crippen LogP contribution in [0.2, 0.25) is 0 Å². The number of fused-ring (bicyclic) bond motifs is 1. The highest BCUT2D eigenvalue weighted by Crippen LogP contribution is 2.30. The monoisotopic (exact) mass is 340 g/mol. The van der Waals surface area contributed by atoms with E-state index in [0.717, 1.165) is 16.9 Å². The highest BCUT2D eigenvalue weighted by Gasteiger charge is 2.23. The molecule has 25 heavy (non-hydrogen) atoms. The molecule has 0 aliphatic carbocycles. The van der Waals surface area contributed by atoms with Crippen LogP contribution in [0.4, 0.5) is 5.69 Å². The molecule has 6 heteroatoms. The van der Waals surface area contributed by atoms with E-state index in [9.17, 15) is 9.59 Å². The zero-order chi connectivity index (χ0) is 17.8. The van der Waals surface area contributed by atoms with Gasteiger partial charge in [0.1, 0.15) is 11.5 Å². The van der Waals surface area contributed by atoms with Crippen molar-refractivity contribution in [1.82, 2.24) is 5.32 Å². The summed E-state index contributed by atoms with van der Waals surface area (Å²) in [7, 11) is 1.60. The lowest BCUT2D eigenvalue weighted by Crippen LogP contribution is -2.34. The molecule has 1 unspecified atom stereocenters. The molecule has 2 N–H and O–H groups in total. The average molecular weight is 340 g/mol. The fraction of sp³-hybridized carbons (Fsp3) is 0.263. The molecule has 1 aliphatic rings. The Balaban J connectivity index is 1.62. The van der Waals surface area contributed by atoms with Gasteiger partial charge in [-0.1, -0.05) is 24.3 Å². The van der Waals surface area contributed by atoms with E-state index in [4.69, 9.17) is 9.47 Å². The van der Waals surface area contributed by atoms with Crippen molar-refractivity contribution in [3.63, 3.8) is 0 Å². The third-order valence-electron chi connectivity index (χ3n) is 4.01. The Bertz CT molecular complexity index is 804. The van der Waals surface area contributed by atoms with Crippen LogP contribution < -0.4 is 20.1 Å². The van der Waals surface area contributed by atoms with Gasteiger partial charge in [-0.05, 0) is 30.7 Å². The van der Waals surface area contributed by atoms with Crippen molar-refractivity contribution in [1.29, 1.82) is 0 Å². The molecular weight excluding hydrogens is 320 g/mol. The number of para-hydroxylation sites is 1. The van der Waals surface area contributed by atoms with E-state index in [-0.39, 0.29) is 18.2 Å². The summed E-state index contributed by atoms with van der Waals surface area (Å²) in [6.07, 6.45) is -0.295. The van der Waals surface area contributed by atoms with Crippen molar-refractivity contribution in [3.05, 3.63) is 53.6 Å². The predicted octanol–water partition coefficient (Wildman–Crippen LogP) is 2.27. The van der Waals surface area contributed by atoms with Gasteiger partial charge < -0.3 is 20.1 Å². The smallest absolute Gasteiger partial charge is 0.265 e. The Morgan fingerprint density at radius 2 is 2.08 bits per heavy atom. The molecule has 1 heterocycles. The van der Waals surface area contributed by atoms with Crippen LogP contribution in [0.5, 0.6) is 11.5 Å². The molecule has 0 saturated heterocycles. The van der Waals surface area contributed by atoms with Crippen molar-refractivity contribution in [2.75, 3.05) is 12.4 Å². The van der Waals surface area contributed by atoms with Gasteiger partial charge in [-0.3, -0.25) is 9.59 Å². The van der Waals surface area contributed by atoms with Crippen molar-refractivity contribution < 1.29 is 19.1 Å². The molecule has 0 radical (unpaired) electrons. The number of hydrogen-bond donors (Lipinski definition) is 2. The summed E-state index contributed by atoms with van der Waals surface area (Å²) in [5.41, 5.74) is 2.31. The number of ether oxygens (including phenoxy) is 2. The Morgan fingerprint density at radius 3 is 2.88 bits per heavy atom. The zero-order valence-electron chi connectivity index (χ0n) is 14.2. The second-order valence-electron chi connectivity index (χ2n) is 5.85. The molecule has 0 fully saturated rings. The largest absolute Gasteiger partial charge is 0.496 e. The Hall–Kier alpha value is -3.02. The molecule has 0 bridgehead atoms. The van der Waals surface area contributed by atoms with Gasteiger partial charge in [-0.25, -0.2) is 0 Å². The number of carbonyl (C=O) groups excluding carboxylic acids is 2. The SMILES string of the molecule is COc1ccccc1CNC(=O)Cc1ccc2c(c1)NC(=O)C(C)O2. The van der Waals surface area contributed by atoms with Gasteiger partial charge >= 0.3 is 0 Å². The quantitative estimate of drug-likeness (QED) is 0.875. The number of benzene rings is 2. The van der Waals surface area contributed by atoms with E-state index in [1.54, 1.807) is 26.2 Å². The van der Waals surface area contributed by atoms with Gasteiger partial charge in [-0.15, -0.1) is 0 Å². The molecule has 6 nitrogen and oxygen atoms in total. The summed E-state index contributed by atoms with van der Waals surface area (Å²) in [5, 5.41) is 5.66. The number of nitrogens with one attached hydrogen (secondary N) is 2. The van der Waals surface area contributed by atoms with E-state index in [0.29, 0.717) is 18.0 Å². The Kier molecular flexibility index (Phi) is 4.88.